The molecule has 0 spiro atoms. The number of halogens is 5. The number of carbonyl (C=O) groups excluding carboxylic acids is 1. The van der Waals surface area contributed by atoms with Gasteiger partial charge < -0.3 is 5.32 Å². The Kier molecular flexibility index (Phi) is 4.48. The Morgan fingerprint density at radius 3 is 2.30 bits per heavy atom. The lowest BCUT2D eigenvalue weighted by Gasteiger charge is -2.08. The molecule has 0 aliphatic rings. The Labute approximate surface area is 128 Å². The molecular formula is C13H6Cl3F2NO. The fourth-order valence-electron chi connectivity index (χ4n) is 1.48. The van der Waals surface area contributed by atoms with E-state index < -0.39 is 17.5 Å². The van der Waals surface area contributed by atoms with E-state index in [4.69, 9.17) is 34.8 Å². The van der Waals surface area contributed by atoms with Gasteiger partial charge in [-0.1, -0.05) is 34.8 Å². The molecule has 1 N–H and O–H groups in total. The fourth-order valence-corrected chi connectivity index (χ4v) is 2.10. The second-order valence-electron chi connectivity index (χ2n) is 3.82. The quantitative estimate of drug-likeness (QED) is 0.752. The van der Waals surface area contributed by atoms with Crippen LogP contribution in [-0.4, -0.2) is 5.91 Å². The van der Waals surface area contributed by atoms with Crippen LogP contribution >= 0.6 is 34.8 Å². The highest BCUT2D eigenvalue weighted by molar-refractivity contribution is 6.37. The van der Waals surface area contributed by atoms with E-state index in [0.29, 0.717) is 0 Å². The second kappa shape index (κ2) is 5.95. The first kappa shape index (κ1) is 15.0. The topological polar surface area (TPSA) is 29.1 Å². The van der Waals surface area contributed by atoms with Gasteiger partial charge in [-0.15, -0.1) is 0 Å². The highest BCUT2D eigenvalue weighted by Gasteiger charge is 2.15. The highest BCUT2D eigenvalue weighted by atomic mass is 35.5. The minimum atomic E-state index is -0.794. The van der Waals surface area contributed by atoms with Gasteiger partial charge in [0.2, 0.25) is 0 Å². The zero-order chi connectivity index (χ0) is 14.9. The number of anilines is 1. The smallest absolute Gasteiger partial charge is 0.257 e. The van der Waals surface area contributed by atoms with Gasteiger partial charge >= 0.3 is 0 Å². The SMILES string of the molecule is O=C(Nc1ccc(Cl)cc1F)c1cc(F)c(Cl)cc1Cl. The van der Waals surface area contributed by atoms with Crippen molar-refractivity contribution in [3.05, 3.63) is 62.6 Å². The molecule has 1 amide bonds. The van der Waals surface area contributed by atoms with Crippen molar-refractivity contribution in [2.45, 2.75) is 0 Å². The van der Waals surface area contributed by atoms with Gasteiger partial charge in [-0.3, -0.25) is 4.79 Å². The Bertz CT molecular complexity index is 692. The third-order valence-corrected chi connectivity index (χ3v) is 3.27. The van der Waals surface area contributed by atoms with E-state index >= 15 is 0 Å². The molecule has 0 saturated carbocycles. The lowest BCUT2D eigenvalue weighted by atomic mass is 10.2. The molecular weight excluding hydrogens is 331 g/mol. The van der Waals surface area contributed by atoms with Crippen LogP contribution in [0.15, 0.2) is 30.3 Å². The summed E-state index contributed by atoms with van der Waals surface area (Å²) in [5, 5.41) is 2.22. The highest BCUT2D eigenvalue weighted by Crippen LogP contribution is 2.26. The molecule has 2 nitrogen and oxygen atoms in total. The summed E-state index contributed by atoms with van der Waals surface area (Å²) in [5.41, 5.74) is -0.242. The Morgan fingerprint density at radius 1 is 0.950 bits per heavy atom. The minimum Gasteiger partial charge on any atom is -0.319 e. The third kappa shape index (κ3) is 3.20. The number of rotatable bonds is 2. The van der Waals surface area contributed by atoms with Gasteiger partial charge in [-0.2, -0.15) is 0 Å². The van der Waals surface area contributed by atoms with Gasteiger partial charge in [0.05, 0.1) is 21.3 Å². The predicted octanol–water partition coefficient (Wildman–Crippen LogP) is 5.18. The minimum absolute atomic E-state index is 0.0386. The van der Waals surface area contributed by atoms with Crippen LogP contribution in [0.2, 0.25) is 15.1 Å². The van der Waals surface area contributed by atoms with Crippen molar-refractivity contribution < 1.29 is 13.6 Å². The number of amides is 1. The first-order valence-corrected chi connectivity index (χ1v) is 6.43. The molecule has 20 heavy (non-hydrogen) atoms. The summed E-state index contributed by atoms with van der Waals surface area (Å²) >= 11 is 16.9. The molecule has 0 atom stereocenters. The van der Waals surface area contributed by atoms with Crippen LogP contribution < -0.4 is 5.32 Å². The summed E-state index contributed by atoms with van der Waals surface area (Å²) in [4.78, 5) is 11.9. The van der Waals surface area contributed by atoms with Crippen LogP contribution in [0.1, 0.15) is 10.4 Å². The van der Waals surface area contributed by atoms with E-state index in [9.17, 15) is 13.6 Å². The molecule has 0 aliphatic heterocycles. The standard InChI is InChI=1S/C13H6Cl3F2NO/c14-6-1-2-12(11(18)3-6)19-13(20)7-4-10(17)9(16)5-8(7)15/h1-5H,(H,19,20). The van der Waals surface area contributed by atoms with Crippen molar-refractivity contribution in [1.29, 1.82) is 0 Å². The number of carbonyl (C=O) groups is 1. The van der Waals surface area contributed by atoms with Crippen molar-refractivity contribution in [2.75, 3.05) is 5.32 Å². The van der Waals surface area contributed by atoms with Crippen molar-refractivity contribution in [1.82, 2.24) is 0 Å². The monoisotopic (exact) mass is 335 g/mol. The first-order chi connectivity index (χ1) is 9.38. The van der Waals surface area contributed by atoms with Crippen LogP contribution in [0, 0.1) is 11.6 Å². The summed E-state index contributed by atoms with van der Waals surface area (Å²) < 4.78 is 26.9. The predicted molar refractivity (Wildman–Crippen MR) is 75.8 cm³/mol. The van der Waals surface area contributed by atoms with Crippen LogP contribution in [0.5, 0.6) is 0 Å². The third-order valence-electron chi connectivity index (χ3n) is 2.43. The van der Waals surface area contributed by atoms with Gasteiger partial charge in [0.15, 0.2) is 0 Å². The summed E-state index contributed by atoms with van der Waals surface area (Å²) in [6.07, 6.45) is 0. The molecule has 7 heteroatoms. The summed E-state index contributed by atoms with van der Waals surface area (Å²) in [6, 6.07) is 5.72. The summed E-state index contributed by atoms with van der Waals surface area (Å²) in [6.45, 7) is 0. The molecule has 0 bridgehead atoms. The van der Waals surface area contributed by atoms with Crippen molar-refractivity contribution in [3.63, 3.8) is 0 Å². The molecule has 2 rings (SSSR count). The molecule has 0 radical (unpaired) electrons. The average molecular weight is 337 g/mol. The Morgan fingerprint density at radius 2 is 1.65 bits per heavy atom. The zero-order valence-corrected chi connectivity index (χ0v) is 12.0. The molecule has 0 aromatic heterocycles. The molecule has 2 aromatic carbocycles. The van der Waals surface area contributed by atoms with Gasteiger partial charge in [0.25, 0.3) is 5.91 Å². The normalized spacial score (nSPS) is 10.4. The van der Waals surface area contributed by atoms with E-state index in [1.165, 1.54) is 12.1 Å². The molecule has 104 valence electrons. The average Bonchev–Trinajstić information content (AvgIpc) is 2.37. The zero-order valence-electron chi connectivity index (χ0n) is 9.68. The molecule has 0 aliphatic carbocycles. The molecule has 0 fully saturated rings. The Balaban J connectivity index is 2.31. The van der Waals surface area contributed by atoms with Crippen molar-refractivity contribution in [3.8, 4) is 0 Å². The first-order valence-electron chi connectivity index (χ1n) is 5.29. The molecule has 0 heterocycles. The molecule has 2 aromatic rings. The fraction of sp³-hybridized carbons (Fsp3) is 0. The van der Waals surface area contributed by atoms with E-state index in [2.05, 4.69) is 5.32 Å². The van der Waals surface area contributed by atoms with Crippen LogP contribution in [-0.2, 0) is 0 Å². The number of nitrogens with one attached hydrogen (secondary N) is 1. The lowest BCUT2D eigenvalue weighted by Crippen LogP contribution is -2.14. The van der Waals surface area contributed by atoms with E-state index in [0.717, 1.165) is 18.2 Å². The van der Waals surface area contributed by atoms with Gasteiger partial charge in [0.1, 0.15) is 11.6 Å². The maximum Gasteiger partial charge on any atom is 0.257 e. The van der Waals surface area contributed by atoms with E-state index in [-0.39, 0.29) is 26.3 Å². The van der Waals surface area contributed by atoms with Gasteiger partial charge in [0, 0.05) is 5.02 Å². The largest absolute Gasteiger partial charge is 0.319 e. The second-order valence-corrected chi connectivity index (χ2v) is 5.08. The summed E-state index contributed by atoms with van der Waals surface area (Å²) in [5.74, 6) is -2.26. The maximum atomic E-state index is 13.5. The number of hydrogen-bond donors (Lipinski definition) is 1. The van der Waals surface area contributed by atoms with Crippen LogP contribution in [0.25, 0.3) is 0 Å². The summed E-state index contributed by atoms with van der Waals surface area (Å²) in [7, 11) is 0. The van der Waals surface area contributed by atoms with Gasteiger partial charge in [-0.05, 0) is 30.3 Å². The van der Waals surface area contributed by atoms with Crippen molar-refractivity contribution >= 4 is 46.4 Å². The molecule has 0 saturated heterocycles. The number of hydrogen-bond acceptors (Lipinski definition) is 1. The van der Waals surface area contributed by atoms with Crippen molar-refractivity contribution in [2.24, 2.45) is 0 Å². The lowest BCUT2D eigenvalue weighted by molar-refractivity contribution is 0.102. The number of benzene rings is 2. The van der Waals surface area contributed by atoms with Gasteiger partial charge in [-0.25, -0.2) is 8.78 Å². The Hall–Kier alpha value is -1.36. The van der Waals surface area contributed by atoms with Crippen LogP contribution in [0.4, 0.5) is 14.5 Å². The van der Waals surface area contributed by atoms with Crippen LogP contribution in [0.3, 0.4) is 0 Å². The van der Waals surface area contributed by atoms with E-state index in [1.54, 1.807) is 0 Å². The molecule has 0 unspecified atom stereocenters. The maximum absolute atomic E-state index is 13.5. The van der Waals surface area contributed by atoms with E-state index in [1.807, 2.05) is 0 Å².